The average Bonchev–Trinajstić information content (AvgIpc) is 2.29. The van der Waals surface area contributed by atoms with Crippen molar-refractivity contribution in [3.8, 4) is 0 Å². The zero-order chi connectivity index (χ0) is 12.7. The van der Waals surface area contributed by atoms with Crippen molar-refractivity contribution in [2.45, 2.75) is 20.3 Å². The fraction of sp³-hybridized carbons (Fsp3) is 0.500. The number of hydrogen-bond donors (Lipinski definition) is 2. The second-order valence-corrected chi connectivity index (χ2v) is 4.49. The highest BCUT2D eigenvalue weighted by Gasteiger charge is 2.10. The number of rotatable bonds is 6. The highest BCUT2D eigenvalue weighted by molar-refractivity contribution is 5.78. The second-order valence-electron chi connectivity index (χ2n) is 4.49. The zero-order valence-electron chi connectivity index (χ0n) is 10.9. The van der Waals surface area contributed by atoms with Crippen molar-refractivity contribution in [3.05, 3.63) is 35.4 Å². The fourth-order valence-electron chi connectivity index (χ4n) is 1.77. The largest absolute Gasteiger partial charge is 0.355 e. The van der Waals surface area contributed by atoms with Crippen LogP contribution in [0.25, 0.3) is 0 Å². The molecule has 0 aliphatic rings. The van der Waals surface area contributed by atoms with Crippen LogP contribution in [0, 0.1) is 12.8 Å². The molecular formula is C14H22N2O. The van der Waals surface area contributed by atoms with Crippen LogP contribution in [0.15, 0.2) is 24.3 Å². The van der Waals surface area contributed by atoms with Gasteiger partial charge < -0.3 is 10.6 Å². The first-order valence-corrected chi connectivity index (χ1v) is 6.11. The molecule has 1 amide bonds. The smallest absolute Gasteiger partial charge is 0.224 e. The topological polar surface area (TPSA) is 41.1 Å². The van der Waals surface area contributed by atoms with Crippen LogP contribution in [0.1, 0.15) is 18.1 Å². The van der Waals surface area contributed by atoms with E-state index in [2.05, 4.69) is 41.8 Å². The van der Waals surface area contributed by atoms with Gasteiger partial charge in [0.15, 0.2) is 0 Å². The summed E-state index contributed by atoms with van der Waals surface area (Å²) in [4.78, 5) is 11.6. The molecule has 3 heteroatoms. The highest BCUT2D eigenvalue weighted by Crippen LogP contribution is 2.04. The van der Waals surface area contributed by atoms with E-state index in [4.69, 9.17) is 0 Å². The Bertz CT molecular complexity index is 363. The van der Waals surface area contributed by atoms with Gasteiger partial charge in [-0.3, -0.25) is 4.79 Å². The molecule has 17 heavy (non-hydrogen) atoms. The van der Waals surface area contributed by atoms with E-state index >= 15 is 0 Å². The maximum Gasteiger partial charge on any atom is 0.224 e. The lowest BCUT2D eigenvalue weighted by Gasteiger charge is -2.11. The van der Waals surface area contributed by atoms with E-state index in [1.54, 1.807) is 0 Å². The number of benzene rings is 1. The molecule has 1 aromatic rings. The van der Waals surface area contributed by atoms with Gasteiger partial charge in [0.1, 0.15) is 0 Å². The number of carbonyl (C=O) groups excluding carboxylic acids is 1. The van der Waals surface area contributed by atoms with Gasteiger partial charge in [-0.1, -0.05) is 36.8 Å². The minimum absolute atomic E-state index is 0.0255. The second kappa shape index (κ2) is 7.07. The first-order valence-electron chi connectivity index (χ1n) is 6.11. The van der Waals surface area contributed by atoms with Crippen LogP contribution in [-0.4, -0.2) is 26.0 Å². The van der Waals surface area contributed by atoms with Gasteiger partial charge in [0, 0.05) is 19.0 Å². The molecule has 0 bridgehead atoms. The summed E-state index contributed by atoms with van der Waals surface area (Å²) in [6.07, 6.45) is 0.889. The molecule has 0 aliphatic heterocycles. The summed E-state index contributed by atoms with van der Waals surface area (Å²) in [6.45, 7) is 5.43. The Hall–Kier alpha value is -1.35. The predicted octanol–water partition coefficient (Wildman–Crippen LogP) is 1.51. The van der Waals surface area contributed by atoms with Crippen molar-refractivity contribution in [1.82, 2.24) is 10.6 Å². The van der Waals surface area contributed by atoms with Crippen LogP contribution in [0.4, 0.5) is 0 Å². The van der Waals surface area contributed by atoms with Crippen molar-refractivity contribution in [2.24, 2.45) is 5.92 Å². The van der Waals surface area contributed by atoms with Crippen LogP contribution in [0.2, 0.25) is 0 Å². The number of amides is 1. The molecule has 0 saturated carbocycles. The van der Waals surface area contributed by atoms with Gasteiger partial charge in [-0.2, -0.15) is 0 Å². The third kappa shape index (κ3) is 5.00. The lowest BCUT2D eigenvalue weighted by atomic mass is 10.1. The summed E-state index contributed by atoms with van der Waals surface area (Å²) in [7, 11) is 1.86. The fourth-order valence-corrected chi connectivity index (χ4v) is 1.77. The normalized spacial score (nSPS) is 12.2. The quantitative estimate of drug-likeness (QED) is 0.783. The number of carbonyl (C=O) groups is 1. The molecule has 94 valence electrons. The van der Waals surface area contributed by atoms with E-state index in [9.17, 15) is 4.79 Å². The third-order valence-corrected chi connectivity index (χ3v) is 2.75. The van der Waals surface area contributed by atoms with Crippen molar-refractivity contribution in [1.29, 1.82) is 0 Å². The Morgan fingerprint density at radius 1 is 1.41 bits per heavy atom. The molecule has 2 N–H and O–H groups in total. The molecule has 0 aliphatic carbocycles. The molecule has 1 aromatic carbocycles. The monoisotopic (exact) mass is 234 g/mol. The van der Waals surface area contributed by atoms with Crippen LogP contribution < -0.4 is 10.6 Å². The van der Waals surface area contributed by atoms with E-state index in [1.165, 1.54) is 11.1 Å². The average molecular weight is 234 g/mol. The van der Waals surface area contributed by atoms with Gasteiger partial charge >= 0.3 is 0 Å². The molecule has 1 rings (SSSR count). The predicted molar refractivity (Wildman–Crippen MR) is 71.0 cm³/mol. The van der Waals surface area contributed by atoms with Gasteiger partial charge in [0.25, 0.3) is 0 Å². The van der Waals surface area contributed by atoms with Gasteiger partial charge in [0.2, 0.25) is 5.91 Å². The minimum atomic E-state index is 0.0255. The molecular weight excluding hydrogens is 212 g/mol. The maximum absolute atomic E-state index is 11.6. The molecule has 3 nitrogen and oxygen atoms in total. The summed E-state index contributed by atoms with van der Waals surface area (Å²) in [5, 5.41) is 5.96. The van der Waals surface area contributed by atoms with Crippen LogP contribution in [0.5, 0.6) is 0 Å². The summed E-state index contributed by atoms with van der Waals surface area (Å²) in [5.41, 5.74) is 2.53. The zero-order valence-corrected chi connectivity index (χ0v) is 10.9. The first-order chi connectivity index (χ1) is 8.13. The van der Waals surface area contributed by atoms with E-state index < -0.39 is 0 Å². The van der Waals surface area contributed by atoms with Gasteiger partial charge in [-0.05, 0) is 26.0 Å². The molecule has 1 atom stereocenters. The summed E-state index contributed by atoms with van der Waals surface area (Å²) in [5.74, 6) is 0.143. The molecule has 1 unspecified atom stereocenters. The van der Waals surface area contributed by atoms with E-state index in [-0.39, 0.29) is 11.8 Å². The number of nitrogens with one attached hydrogen (secondary N) is 2. The molecule has 0 saturated heterocycles. The first kappa shape index (κ1) is 13.7. The van der Waals surface area contributed by atoms with Crippen molar-refractivity contribution in [2.75, 3.05) is 20.1 Å². The molecule has 0 fully saturated rings. The molecule has 0 spiro atoms. The Kier molecular flexibility index (Phi) is 5.70. The lowest BCUT2D eigenvalue weighted by Crippen LogP contribution is -2.35. The van der Waals surface area contributed by atoms with Crippen LogP contribution >= 0.6 is 0 Å². The van der Waals surface area contributed by atoms with E-state index in [0.717, 1.165) is 13.0 Å². The van der Waals surface area contributed by atoms with Gasteiger partial charge in [0.05, 0.1) is 0 Å². The standard InChI is InChI=1S/C14H22N2O/c1-11-5-4-6-13(9-11)7-8-16-14(17)12(2)10-15-3/h4-6,9,12,15H,7-8,10H2,1-3H3,(H,16,17). The lowest BCUT2D eigenvalue weighted by molar-refractivity contribution is -0.124. The van der Waals surface area contributed by atoms with Gasteiger partial charge in [-0.15, -0.1) is 0 Å². The number of hydrogen-bond acceptors (Lipinski definition) is 2. The molecule has 0 heterocycles. The van der Waals surface area contributed by atoms with Crippen molar-refractivity contribution < 1.29 is 4.79 Å². The molecule has 0 aromatic heterocycles. The SMILES string of the molecule is CNCC(C)C(=O)NCCc1cccc(C)c1. The minimum Gasteiger partial charge on any atom is -0.355 e. The van der Waals surface area contributed by atoms with Crippen LogP contribution in [-0.2, 0) is 11.2 Å². The Labute approximate surface area is 104 Å². The number of aryl methyl sites for hydroxylation is 1. The Morgan fingerprint density at radius 2 is 2.18 bits per heavy atom. The van der Waals surface area contributed by atoms with Crippen molar-refractivity contribution >= 4 is 5.91 Å². The summed E-state index contributed by atoms with van der Waals surface area (Å²) < 4.78 is 0. The Morgan fingerprint density at radius 3 is 2.82 bits per heavy atom. The van der Waals surface area contributed by atoms with E-state index in [0.29, 0.717) is 6.54 Å². The summed E-state index contributed by atoms with van der Waals surface area (Å²) in [6, 6.07) is 8.38. The summed E-state index contributed by atoms with van der Waals surface area (Å²) >= 11 is 0. The maximum atomic E-state index is 11.6. The third-order valence-electron chi connectivity index (χ3n) is 2.75. The van der Waals surface area contributed by atoms with Gasteiger partial charge in [-0.25, -0.2) is 0 Å². The van der Waals surface area contributed by atoms with Crippen LogP contribution in [0.3, 0.4) is 0 Å². The van der Waals surface area contributed by atoms with E-state index in [1.807, 2.05) is 14.0 Å². The van der Waals surface area contributed by atoms with Crippen molar-refractivity contribution in [3.63, 3.8) is 0 Å². The Balaban J connectivity index is 2.30. The highest BCUT2D eigenvalue weighted by atomic mass is 16.1. The molecule has 0 radical (unpaired) electrons.